The Kier molecular flexibility index (Phi) is 8.13. The van der Waals surface area contributed by atoms with Crippen molar-refractivity contribution in [1.29, 1.82) is 0 Å². The van der Waals surface area contributed by atoms with Gasteiger partial charge in [-0.15, -0.1) is 10.2 Å². The zero-order valence-corrected chi connectivity index (χ0v) is 21.2. The van der Waals surface area contributed by atoms with Crippen molar-refractivity contribution in [2.24, 2.45) is 0 Å². The first-order valence-electron chi connectivity index (χ1n) is 10.6. The van der Waals surface area contributed by atoms with Crippen LogP contribution in [-0.2, 0) is 19.6 Å². The van der Waals surface area contributed by atoms with Gasteiger partial charge in [0.25, 0.3) is 5.91 Å². The summed E-state index contributed by atoms with van der Waals surface area (Å²) < 4.78 is 32.5. The van der Waals surface area contributed by atoms with Crippen molar-refractivity contribution in [3.05, 3.63) is 59.7 Å². The lowest BCUT2D eigenvalue weighted by atomic mass is 10.2. The van der Waals surface area contributed by atoms with Crippen molar-refractivity contribution in [3.63, 3.8) is 0 Å². The Hall–Kier alpha value is -2.84. The number of rotatable bonds is 8. The minimum absolute atomic E-state index is 0.120. The number of hydrogen-bond acceptors (Lipinski definition) is 9. The first-order valence-corrected chi connectivity index (χ1v) is 13.9. The van der Waals surface area contributed by atoms with E-state index in [0.717, 1.165) is 22.6 Å². The molecule has 1 aromatic heterocycles. The van der Waals surface area contributed by atoms with Gasteiger partial charge in [0.1, 0.15) is 0 Å². The molecule has 0 atom stereocenters. The van der Waals surface area contributed by atoms with E-state index in [1.54, 1.807) is 0 Å². The number of thioether (sulfide) groups is 1. The minimum Gasteiger partial charge on any atom is -0.379 e. The second-order valence-corrected chi connectivity index (χ2v) is 11.7. The number of aryl methyl sites for hydroxylation is 1. The number of carbonyl (C=O) groups excluding carboxylic acids is 2. The van der Waals surface area contributed by atoms with E-state index in [1.165, 1.54) is 40.3 Å². The molecule has 35 heavy (non-hydrogen) atoms. The molecule has 4 rings (SSSR count). The Labute approximate surface area is 211 Å². The third-order valence-corrected chi connectivity index (χ3v) is 8.86. The number of anilines is 2. The topological polar surface area (TPSA) is 131 Å². The van der Waals surface area contributed by atoms with Crippen LogP contribution in [-0.4, -0.2) is 66.8 Å². The molecule has 184 valence electrons. The van der Waals surface area contributed by atoms with E-state index < -0.39 is 15.9 Å². The molecule has 10 nitrogen and oxygen atoms in total. The van der Waals surface area contributed by atoms with Crippen molar-refractivity contribution < 1.29 is 22.7 Å². The van der Waals surface area contributed by atoms with Gasteiger partial charge in [-0.3, -0.25) is 14.9 Å². The van der Waals surface area contributed by atoms with Gasteiger partial charge in [-0.1, -0.05) is 35.2 Å². The standard InChI is InChI=1S/C22H23N5O5S3/c1-15-3-2-4-17(13-15)23-19(28)14-33-22-26-25-21(34-22)24-20(29)16-5-7-18(8-6-16)35(30,31)27-9-11-32-12-10-27/h2-8,13H,9-12,14H2,1H3,(H,23,28)(H,24,25,29). The quantitative estimate of drug-likeness (QED) is 0.334. The number of sulfonamides is 1. The Morgan fingerprint density at radius 2 is 1.83 bits per heavy atom. The van der Waals surface area contributed by atoms with Crippen LogP contribution in [0.1, 0.15) is 15.9 Å². The number of morpholine rings is 1. The Balaban J connectivity index is 1.30. The van der Waals surface area contributed by atoms with E-state index in [2.05, 4.69) is 20.8 Å². The number of aromatic nitrogens is 2. The van der Waals surface area contributed by atoms with Crippen molar-refractivity contribution >= 4 is 55.8 Å². The van der Waals surface area contributed by atoms with Crippen molar-refractivity contribution in [2.45, 2.75) is 16.2 Å². The zero-order chi connectivity index (χ0) is 24.8. The van der Waals surface area contributed by atoms with Crippen LogP contribution in [0.5, 0.6) is 0 Å². The highest BCUT2D eigenvalue weighted by atomic mass is 32.2. The number of nitrogens with zero attached hydrogens (tertiary/aromatic N) is 3. The third-order valence-electron chi connectivity index (χ3n) is 4.98. The molecule has 0 radical (unpaired) electrons. The van der Waals surface area contributed by atoms with Crippen LogP contribution in [0.15, 0.2) is 57.8 Å². The Morgan fingerprint density at radius 3 is 2.54 bits per heavy atom. The SMILES string of the molecule is Cc1cccc(NC(=O)CSc2nnc(NC(=O)c3ccc(S(=O)(=O)N4CCOCC4)cc3)s2)c1. The highest BCUT2D eigenvalue weighted by Gasteiger charge is 2.26. The van der Waals surface area contributed by atoms with Gasteiger partial charge in [0.05, 0.1) is 23.9 Å². The fourth-order valence-corrected chi connectivity index (χ4v) is 6.20. The number of nitrogens with one attached hydrogen (secondary N) is 2. The second-order valence-electron chi connectivity index (χ2n) is 7.57. The summed E-state index contributed by atoms with van der Waals surface area (Å²) in [6.07, 6.45) is 0. The first-order chi connectivity index (χ1) is 16.8. The number of benzene rings is 2. The first kappa shape index (κ1) is 25.3. The molecule has 0 spiro atoms. The van der Waals surface area contributed by atoms with E-state index in [9.17, 15) is 18.0 Å². The molecule has 1 fully saturated rings. The highest BCUT2D eigenvalue weighted by molar-refractivity contribution is 8.01. The van der Waals surface area contributed by atoms with E-state index in [-0.39, 0.29) is 27.3 Å². The van der Waals surface area contributed by atoms with Crippen molar-refractivity contribution in [3.8, 4) is 0 Å². The maximum atomic E-state index is 12.7. The summed E-state index contributed by atoms with van der Waals surface area (Å²) in [5.74, 6) is -0.464. The lowest BCUT2D eigenvalue weighted by molar-refractivity contribution is -0.113. The third kappa shape index (κ3) is 6.64. The maximum Gasteiger partial charge on any atom is 0.257 e. The number of ether oxygens (including phenoxy) is 1. The Bertz CT molecular complexity index is 1310. The fourth-order valence-electron chi connectivity index (χ4n) is 3.25. The largest absolute Gasteiger partial charge is 0.379 e. The minimum atomic E-state index is -3.63. The molecule has 2 N–H and O–H groups in total. The molecule has 2 heterocycles. The average Bonchev–Trinajstić information content (AvgIpc) is 3.30. The molecule has 0 aliphatic carbocycles. The van der Waals surface area contributed by atoms with E-state index >= 15 is 0 Å². The molecule has 2 amide bonds. The smallest absolute Gasteiger partial charge is 0.257 e. The molecule has 2 aromatic carbocycles. The molecule has 13 heteroatoms. The van der Waals surface area contributed by atoms with Gasteiger partial charge in [0.15, 0.2) is 4.34 Å². The monoisotopic (exact) mass is 533 g/mol. The van der Waals surface area contributed by atoms with Gasteiger partial charge in [-0.05, 0) is 48.9 Å². The number of carbonyl (C=O) groups is 2. The molecule has 3 aromatic rings. The van der Waals surface area contributed by atoms with Gasteiger partial charge in [-0.25, -0.2) is 8.42 Å². The zero-order valence-electron chi connectivity index (χ0n) is 18.8. The van der Waals surface area contributed by atoms with Gasteiger partial charge in [0, 0.05) is 24.3 Å². The molecule has 0 unspecified atom stereocenters. The molecule has 0 saturated carbocycles. The summed E-state index contributed by atoms with van der Waals surface area (Å²) in [7, 11) is -3.63. The molecule has 0 bridgehead atoms. The maximum absolute atomic E-state index is 12.7. The summed E-state index contributed by atoms with van der Waals surface area (Å²) >= 11 is 2.36. The van der Waals surface area contributed by atoms with Crippen LogP contribution in [0.4, 0.5) is 10.8 Å². The molecule has 1 aliphatic rings. The van der Waals surface area contributed by atoms with Crippen LogP contribution in [0.3, 0.4) is 0 Å². The van der Waals surface area contributed by atoms with Crippen LogP contribution in [0.25, 0.3) is 0 Å². The van der Waals surface area contributed by atoms with Crippen LogP contribution in [0, 0.1) is 6.92 Å². The molecular formula is C22H23N5O5S3. The van der Waals surface area contributed by atoms with E-state index in [1.807, 2.05) is 31.2 Å². The summed E-state index contributed by atoms with van der Waals surface area (Å²) in [5, 5.41) is 13.7. The summed E-state index contributed by atoms with van der Waals surface area (Å²) in [4.78, 5) is 24.9. The molecular weight excluding hydrogens is 510 g/mol. The second kappa shape index (κ2) is 11.3. The normalized spacial score (nSPS) is 14.4. The predicted octanol–water partition coefficient (Wildman–Crippen LogP) is 2.85. The van der Waals surface area contributed by atoms with Gasteiger partial charge in [0.2, 0.25) is 21.1 Å². The summed E-state index contributed by atoms with van der Waals surface area (Å²) in [6, 6.07) is 13.2. The van der Waals surface area contributed by atoms with E-state index in [4.69, 9.17) is 4.74 Å². The lowest BCUT2D eigenvalue weighted by Gasteiger charge is -2.26. The van der Waals surface area contributed by atoms with Gasteiger partial charge < -0.3 is 10.1 Å². The van der Waals surface area contributed by atoms with E-state index in [0.29, 0.717) is 30.6 Å². The van der Waals surface area contributed by atoms with Crippen LogP contribution < -0.4 is 10.6 Å². The van der Waals surface area contributed by atoms with Gasteiger partial charge >= 0.3 is 0 Å². The van der Waals surface area contributed by atoms with Crippen LogP contribution in [0.2, 0.25) is 0 Å². The summed E-state index contributed by atoms with van der Waals surface area (Å²) in [6.45, 7) is 3.27. The van der Waals surface area contributed by atoms with Crippen LogP contribution >= 0.6 is 23.1 Å². The Morgan fingerprint density at radius 1 is 1.09 bits per heavy atom. The predicted molar refractivity (Wildman–Crippen MR) is 134 cm³/mol. The summed E-state index contributed by atoms with van der Waals surface area (Å²) in [5.41, 5.74) is 2.06. The van der Waals surface area contributed by atoms with Gasteiger partial charge in [-0.2, -0.15) is 4.31 Å². The van der Waals surface area contributed by atoms with Crippen molar-refractivity contribution in [1.82, 2.24) is 14.5 Å². The molecule has 1 aliphatic heterocycles. The number of amides is 2. The highest BCUT2D eigenvalue weighted by Crippen LogP contribution is 2.26. The van der Waals surface area contributed by atoms with Crippen molar-refractivity contribution in [2.75, 3.05) is 42.7 Å². The number of hydrogen-bond donors (Lipinski definition) is 2. The lowest BCUT2D eigenvalue weighted by Crippen LogP contribution is -2.40. The average molecular weight is 534 g/mol. The fraction of sp³-hybridized carbons (Fsp3) is 0.273. The molecule has 1 saturated heterocycles.